The summed E-state index contributed by atoms with van der Waals surface area (Å²) in [7, 11) is 0. The number of aromatic amines is 1. The molecule has 33 heavy (non-hydrogen) atoms. The summed E-state index contributed by atoms with van der Waals surface area (Å²) in [5, 5.41) is 27.3. The Morgan fingerprint density at radius 2 is 2.03 bits per heavy atom. The molecule has 4 aromatic rings. The van der Waals surface area contributed by atoms with Crippen LogP contribution in [-0.4, -0.2) is 42.2 Å². The number of H-pyrrole nitrogens is 1. The lowest BCUT2D eigenvalue weighted by atomic mass is 10.1. The Kier molecular flexibility index (Phi) is 6.40. The van der Waals surface area contributed by atoms with Gasteiger partial charge in [-0.1, -0.05) is 23.7 Å². The molecule has 0 fully saturated rings. The lowest BCUT2D eigenvalue weighted by Gasteiger charge is -2.12. The Balaban J connectivity index is 1.54. The van der Waals surface area contributed by atoms with Crippen LogP contribution >= 0.6 is 11.6 Å². The number of carbonyl (C=O) groups is 1. The van der Waals surface area contributed by atoms with Gasteiger partial charge in [0.25, 0.3) is 11.5 Å². The van der Waals surface area contributed by atoms with E-state index in [4.69, 9.17) is 17.3 Å². The molecule has 0 unspecified atom stereocenters. The van der Waals surface area contributed by atoms with Crippen LogP contribution in [0.3, 0.4) is 0 Å². The van der Waals surface area contributed by atoms with E-state index in [0.717, 1.165) is 0 Å². The molecular weight excluding hydrogens is 448 g/mol. The van der Waals surface area contributed by atoms with E-state index < -0.39 is 17.6 Å². The van der Waals surface area contributed by atoms with Crippen LogP contribution in [0.4, 0.5) is 5.82 Å². The smallest absolute Gasteiger partial charge is 0.260 e. The first kappa shape index (κ1) is 22.5. The zero-order valence-electron chi connectivity index (χ0n) is 17.3. The number of carbonyl (C=O) groups excluding carboxylic acids is 1. The van der Waals surface area contributed by atoms with Crippen molar-refractivity contribution in [3.05, 3.63) is 81.0 Å². The lowest BCUT2D eigenvalue weighted by Crippen LogP contribution is -2.30. The first-order valence-corrected chi connectivity index (χ1v) is 10.4. The van der Waals surface area contributed by atoms with Crippen LogP contribution in [0.25, 0.3) is 16.8 Å². The van der Waals surface area contributed by atoms with Gasteiger partial charge in [0.15, 0.2) is 5.82 Å². The molecule has 0 bridgehead atoms. The second kappa shape index (κ2) is 9.41. The van der Waals surface area contributed by atoms with Gasteiger partial charge in [0, 0.05) is 28.9 Å². The van der Waals surface area contributed by atoms with Crippen molar-refractivity contribution in [3.8, 4) is 11.3 Å². The highest BCUT2D eigenvalue weighted by atomic mass is 35.5. The van der Waals surface area contributed by atoms with Gasteiger partial charge in [-0.25, -0.2) is 9.50 Å². The second-order valence-corrected chi connectivity index (χ2v) is 7.80. The van der Waals surface area contributed by atoms with Crippen LogP contribution in [-0.2, 0) is 6.61 Å². The number of rotatable bonds is 7. The van der Waals surface area contributed by atoms with Gasteiger partial charge in [-0.05, 0) is 36.2 Å². The number of amides is 1. The third-order valence-corrected chi connectivity index (χ3v) is 5.49. The van der Waals surface area contributed by atoms with Gasteiger partial charge in [0.05, 0.1) is 18.4 Å². The molecular formula is C22H21ClN6O4. The summed E-state index contributed by atoms with van der Waals surface area (Å²) in [6.45, 7) is -0.132. The van der Waals surface area contributed by atoms with E-state index in [1.807, 2.05) is 0 Å². The number of benzene rings is 1. The maximum absolute atomic E-state index is 12.7. The Morgan fingerprint density at radius 3 is 2.76 bits per heavy atom. The average molecular weight is 469 g/mol. The molecule has 0 aliphatic rings. The van der Waals surface area contributed by atoms with Crippen LogP contribution in [0.2, 0.25) is 5.02 Å². The molecule has 1 atom stereocenters. The molecule has 1 aromatic carbocycles. The van der Waals surface area contributed by atoms with Gasteiger partial charge in [0.1, 0.15) is 17.4 Å². The van der Waals surface area contributed by atoms with Crippen molar-refractivity contribution in [1.29, 1.82) is 0 Å². The van der Waals surface area contributed by atoms with Crippen molar-refractivity contribution in [2.24, 2.45) is 0 Å². The minimum Gasteiger partial charge on any atom is -0.392 e. The summed E-state index contributed by atoms with van der Waals surface area (Å²) >= 11 is 5.85. The van der Waals surface area contributed by atoms with Gasteiger partial charge in [-0.2, -0.15) is 5.10 Å². The average Bonchev–Trinajstić information content (AvgIpc) is 3.20. The lowest BCUT2D eigenvalue weighted by molar-refractivity contribution is 0.0941. The number of pyridine rings is 1. The maximum Gasteiger partial charge on any atom is 0.260 e. The van der Waals surface area contributed by atoms with Crippen LogP contribution in [0.15, 0.2) is 53.7 Å². The standard InChI is InChI=1S/C22H21ClN6O4/c23-15-3-1-12(2-4-15)18(31)5-6-25-21(32)16-7-13(9-26-22(16)33)17-8-14(10-30)19-20(24)27-11-28-29(17)19/h1-4,7-9,11,18,30-31H,5-6,10H2,(H,25,32)(H,26,33)(H2,24,27,28)/t18-/m0/s1. The minimum atomic E-state index is -0.790. The van der Waals surface area contributed by atoms with Gasteiger partial charge >= 0.3 is 0 Å². The molecule has 4 rings (SSSR count). The first-order valence-electron chi connectivity index (χ1n) is 10.1. The number of nitrogen functional groups attached to an aromatic ring is 1. The molecule has 170 valence electrons. The van der Waals surface area contributed by atoms with Gasteiger partial charge in [-0.3, -0.25) is 9.59 Å². The summed E-state index contributed by atoms with van der Waals surface area (Å²) < 4.78 is 1.49. The number of aliphatic hydroxyl groups is 2. The molecule has 3 aromatic heterocycles. The number of anilines is 1. The van der Waals surface area contributed by atoms with E-state index in [9.17, 15) is 19.8 Å². The molecule has 0 radical (unpaired) electrons. The summed E-state index contributed by atoms with van der Waals surface area (Å²) in [6, 6.07) is 9.87. The topological polar surface area (TPSA) is 159 Å². The summed E-state index contributed by atoms with van der Waals surface area (Å²) in [5.41, 5.74) is 7.91. The highest BCUT2D eigenvalue weighted by molar-refractivity contribution is 6.30. The number of fused-ring (bicyclic) bond motifs is 1. The number of hydrogen-bond donors (Lipinski definition) is 5. The largest absolute Gasteiger partial charge is 0.392 e. The van der Waals surface area contributed by atoms with Gasteiger partial charge < -0.3 is 26.2 Å². The fourth-order valence-corrected chi connectivity index (χ4v) is 3.67. The van der Waals surface area contributed by atoms with E-state index in [1.54, 1.807) is 30.3 Å². The van der Waals surface area contributed by atoms with Crippen molar-refractivity contribution in [2.45, 2.75) is 19.1 Å². The zero-order valence-corrected chi connectivity index (χ0v) is 18.1. The number of nitrogens with two attached hydrogens (primary N) is 1. The van der Waals surface area contributed by atoms with Crippen LogP contribution < -0.4 is 16.6 Å². The summed E-state index contributed by atoms with van der Waals surface area (Å²) in [4.78, 5) is 31.5. The number of hydrogen-bond acceptors (Lipinski definition) is 7. The fourth-order valence-electron chi connectivity index (χ4n) is 3.54. The van der Waals surface area contributed by atoms with Crippen molar-refractivity contribution >= 4 is 28.8 Å². The Morgan fingerprint density at radius 1 is 1.27 bits per heavy atom. The van der Waals surface area contributed by atoms with E-state index >= 15 is 0 Å². The molecule has 10 nitrogen and oxygen atoms in total. The molecule has 0 aliphatic heterocycles. The van der Waals surface area contributed by atoms with E-state index in [-0.39, 0.29) is 31.0 Å². The third kappa shape index (κ3) is 4.58. The molecule has 11 heteroatoms. The Labute approximate surface area is 192 Å². The van der Waals surface area contributed by atoms with E-state index in [2.05, 4.69) is 20.4 Å². The van der Waals surface area contributed by atoms with Crippen LogP contribution in [0.1, 0.15) is 34.0 Å². The Hall–Kier alpha value is -3.73. The highest BCUT2D eigenvalue weighted by Gasteiger charge is 2.18. The highest BCUT2D eigenvalue weighted by Crippen LogP contribution is 2.27. The normalized spacial score (nSPS) is 12.1. The van der Waals surface area contributed by atoms with Crippen molar-refractivity contribution in [3.63, 3.8) is 0 Å². The number of aromatic nitrogens is 4. The molecule has 3 heterocycles. The minimum absolute atomic E-state index is 0.101. The molecule has 0 saturated heterocycles. The predicted molar refractivity (Wildman–Crippen MR) is 123 cm³/mol. The van der Waals surface area contributed by atoms with E-state index in [1.165, 1.54) is 23.1 Å². The monoisotopic (exact) mass is 468 g/mol. The van der Waals surface area contributed by atoms with Crippen LogP contribution in [0, 0.1) is 0 Å². The van der Waals surface area contributed by atoms with Crippen molar-refractivity contribution in [2.75, 3.05) is 12.3 Å². The zero-order chi connectivity index (χ0) is 23.5. The molecule has 6 N–H and O–H groups in total. The molecule has 0 saturated carbocycles. The van der Waals surface area contributed by atoms with Crippen molar-refractivity contribution < 1.29 is 15.0 Å². The maximum atomic E-state index is 12.7. The summed E-state index contributed by atoms with van der Waals surface area (Å²) in [6.07, 6.45) is 2.19. The molecule has 1 amide bonds. The molecule has 0 aliphatic carbocycles. The number of aliphatic hydroxyl groups excluding tert-OH is 2. The van der Waals surface area contributed by atoms with Crippen LogP contribution in [0.5, 0.6) is 0 Å². The second-order valence-electron chi connectivity index (χ2n) is 7.36. The summed E-state index contributed by atoms with van der Waals surface area (Å²) in [5.74, 6) is -0.388. The first-order chi connectivity index (χ1) is 15.9. The van der Waals surface area contributed by atoms with Crippen molar-refractivity contribution in [1.82, 2.24) is 24.9 Å². The third-order valence-electron chi connectivity index (χ3n) is 5.23. The van der Waals surface area contributed by atoms with Gasteiger partial charge in [0.2, 0.25) is 0 Å². The predicted octanol–water partition coefficient (Wildman–Crippen LogP) is 1.67. The number of nitrogens with one attached hydrogen (secondary N) is 2. The fraction of sp³-hybridized carbons (Fsp3) is 0.182. The van der Waals surface area contributed by atoms with E-state index in [0.29, 0.717) is 32.9 Å². The quantitative estimate of drug-likeness (QED) is 0.276. The Bertz CT molecular complexity index is 1370. The number of nitrogens with zero attached hydrogens (tertiary/aromatic N) is 3. The number of halogens is 1. The van der Waals surface area contributed by atoms with Gasteiger partial charge in [-0.15, -0.1) is 0 Å². The SMILES string of the molecule is Nc1ncnn2c(-c3c[nH]c(=O)c(C(=O)NCC[C@H](O)c4ccc(Cl)cc4)c3)cc(CO)c12. The molecule has 0 spiro atoms.